The number of carbonyl (C=O) groups excluding carboxylic acids is 1. The molecule has 0 unspecified atom stereocenters. The summed E-state index contributed by atoms with van der Waals surface area (Å²) >= 11 is 1.58. The summed E-state index contributed by atoms with van der Waals surface area (Å²) in [7, 11) is 0. The van der Waals surface area contributed by atoms with Gasteiger partial charge >= 0.3 is 0 Å². The van der Waals surface area contributed by atoms with Crippen LogP contribution in [0.2, 0.25) is 0 Å². The number of rotatable bonds is 10. The molecule has 10 heteroatoms. The van der Waals surface area contributed by atoms with Gasteiger partial charge in [0.25, 0.3) is 5.69 Å². The van der Waals surface area contributed by atoms with Crippen LogP contribution in [0, 0.1) is 16.0 Å². The van der Waals surface area contributed by atoms with E-state index in [0.29, 0.717) is 49.9 Å². The Morgan fingerprint density at radius 1 is 1.18 bits per heavy atom. The van der Waals surface area contributed by atoms with Gasteiger partial charge in [0.05, 0.1) is 9.80 Å². The molecule has 9 nitrogen and oxygen atoms in total. The number of hydrogen-bond donors (Lipinski definition) is 1. The van der Waals surface area contributed by atoms with Gasteiger partial charge in [-0.05, 0) is 43.2 Å². The number of piperidine rings is 1. The number of para-hydroxylation sites is 2. The molecule has 0 bridgehead atoms. The number of carbonyl (C=O) groups is 1. The third-order valence-corrected chi connectivity index (χ3v) is 6.73. The first-order chi connectivity index (χ1) is 16.1. The summed E-state index contributed by atoms with van der Waals surface area (Å²) in [6.07, 6.45) is 4.91. The van der Waals surface area contributed by atoms with Gasteiger partial charge in [-0.15, -0.1) is 11.3 Å². The summed E-state index contributed by atoms with van der Waals surface area (Å²) in [6, 6.07) is 10.7. The van der Waals surface area contributed by atoms with E-state index < -0.39 is 0 Å². The Morgan fingerprint density at radius 2 is 2.00 bits per heavy atom. The largest absolute Gasteiger partial charge is 0.366 e. The van der Waals surface area contributed by atoms with Crippen LogP contribution >= 0.6 is 11.3 Å². The van der Waals surface area contributed by atoms with Crippen LogP contribution in [0.4, 0.5) is 11.4 Å². The lowest BCUT2D eigenvalue weighted by molar-refractivity contribution is -0.384. The molecule has 0 radical (unpaired) electrons. The Morgan fingerprint density at radius 3 is 2.76 bits per heavy atom. The molecule has 1 fully saturated rings. The highest BCUT2D eigenvalue weighted by Gasteiger charge is 2.27. The van der Waals surface area contributed by atoms with Gasteiger partial charge in [0.15, 0.2) is 0 Å². The van der Waals surface area contributed by atoms with Crippen molar-refractivity contribution in [2.45, 2.75) is 38.5 Å². The van der Waals surface area contributed by atoms with E-state index in [1.165, 1.54) is 6.07 Å². The average molecular weight is 470 g/mol. The second-order valence-corrected chi connectivity index (χ2v) is 9.05. The zero-order valence-electron chi connectivity index (χ0n) is 18.3. The summed E-state index contributed by atoms with van der Waals surface area (Å²) < 4.78 is 5.31. The minimum absolute atomic E-state index is 0.0434. The molecule has 4 rings (SSSR count). The number of aromatic nitrogens is 2. The van der Waals surface area contributed by atoms with Gasteiger partial charge in [0.2, 0.25) is 17.6 Å². The summed E-state index contributed by atoms with van der Waals surface area (Å²) in [5.74, 6) is 1.32. The molecule has 1 aromatic carbocycles. The Bertz CT molecular complexity index is 1060. The van der Waals surface area contributed by atoms with Crippen LogP contribution in [0.25, 0.3) is 10.7 Å². The Labute approximate surface area is 196 Å². The van der Waals surface area contributed by atoms with Crippen LogP contribution in [0.5, 0.6) is 0 Å². The van der Waals surface area contributed by atoms with Gasteiger partial charge in [-0.25, -0.2) is 0 Å². The summed E-state index contributed by atoms with van der Waals surface area (Å²) in [6.45, 7) is 1.93. The van der Waals surface area contributed by atoms with Crippen LogP contribution < -0.4 is 10.2 Å². The molecule has 1 N–H and O–H groups in total. The molecule has 0 saturated carbocycles. The number of benzene rings is 1. The maximum absolute atomic E-state index is 12.5. The molecule has 174 valence electrons. The van der Waals surface area contributed by atoms with Crippen molar-refractivity contribution in [3.8, 4) is 10.7 Å². The lowest BCUT2D eigenvalue weighted by Gasteiger charge is -2.32. The highest BCUT2D eigenvalue weighted by molar-refractivity contribution is 7.13. The molecule has 0 spiro atoms. The van der Waals surface area contributed by atoms with E-state index in [9.17, 15) is 14.9 Å². The number of nitro benzene ring substituents is 1. The smallest absolute Gasteiger partial charge is 0.292 e. The normalized spacial score (nSPS) is 14.4. The first kappa shape index (κ1) is 22.9. The van der Waals surface area contributed by atoms with E-state index in [0.717, 1.165) is 30.6 Å². The monoisotopic (exact) mass is 469 g/mol. The predicted molar refractivity (Wildman–Crippen MR) is 126 cm³/mol. The molecule has 3 heterocycles. The van der Waals surface area contributed by atoms with Gasteiger partial charge in [-0.1, -0.05) is 29.8 Å². The summed E-state index contributed by atoms with van der Waals surface area (Å²) in [4.78, 5) is 30.9. The lowest BCUT2D eigenvalue weighted by Crippen LogP contribution is -2.41. The van der Waals surface area contributed by atoms with Crippen molar-refractivity contribution < 1.29 is 14.2 Å². The molecule has 1 aliphatic rings. The second-order valence-electron chi connectivity index (χ2n) is 8.10. The van der Waals surface area contributed by atoms with E-state index in [2.05, 4.69) is 15.5 Å². The number of nitrogens with zero attached hydrogens (tertiary/aromatic N) is 4. The van der Waals surface area contributed by atoms with Crippen molar-refractivity contribution in [3.05, 3.63) is 57.8 Å². The first-order valence-electron chi connectivity index (χ1n) is 11.2. The quantitative estimate of drug-likeness (QED) is 0.265. The number of anilines is 1. The fourth-order valence-electron chi connectivity index (χ4n) is 4.06. The van der Waals surface area contributed by atoms with Crippen molar-refractivity contribution in [1.82, 2.24) is 15.5 Å². The molecule has 0 aliphatic carbocycles. The average Bonchev–Trinajstić information content (AvgIpc) is 3.53. The maximum atomic E-state index is 12.5. The van der Waals surface area contributed by atoms with Crippen molar-refractivity contribution in [3.63, 3.8) is 0 Å². The topological polar surface area (TPSA) is 114 Å². The number of nitro groups is 1. The number of amides is 1. The molecule has 1 amide bonds. The van der Waals surface area contributed by atoms with Crippen LogP contribution in [0.3, 0.4) is 0 Å². The summed E-state index contributed by atoms with van der Waals surface area (Å²) in [5.41, 5.74) is 0.744. The SMILES string of the molecule is O=C(NCCCCCc1nc(-c2cccs2)no1)C1CCN(c2ccccc2[N+](=O)[O-])CC1. The van der Waals surface area contributed by atoms with Gasteiger partial charge in [0, 0.05) is 38.0 Å². The minimum Gasteiger partial charge on any atom is -0.366 e. The second kappa shape index (κ2) is 11.0. The Balaban J connectivity index is 1.12. The molecule has 1 saturated heterocycles. The molecule has 33 heavy (non-hydrogen) atoms. The molecule has 0 atom stereocenters. The molecular weight excluding hydrogens is 442 g/mol. The zero-order valence-corrected chi connectivity index (χ0v) is 19.1. The van der Waals surface area contributed by atoms with Crippen LogP contribution in [-0.4, -0.2) is 40.6 Å². The lowest BCUT2D eigenvalue weighted by atomic mass is 9.95. The molecular formula is C23H27N5O4S. The van der Waals surface area contributed by atoms with Crippen LogP contribution in [-0.2, 0) is 11.2 Å². The van der Waals surface area contributed by atoms with E-state index in [1.807, 2.05) is 28.5 Å². The van der Waals surface area contributed by atoms with E-state index >= 15 is 0 Å². The third-order valence-electron chi connectivity index (χ3n) is 5.86. The van der Waals surface area contributed by atoms with E-state index in [1.54, 1.807) is 23.5 Å². The number of hydrogen-bond acceptors (Lipinski definition) is 8. The fraction of sp³-hybridized carbons (Fsp3) is 0.435. The molecule has 2 aromatic heterocycles. The van der Waals surface area contributed by atoms with E-state index in [4.69, 9.17) is 4.52 Å². The maximum Gasteiger partial charge on any atom is 0.292 e. The van der Waals surface area contributed by atoms with Gasteiger partial charge in [-0.2, -0.15) is 4.98 Å². The molecule has 1 aliphatic heterocycles. The predicted octanol–water partition coefficient (Wildman–Crippen LogP) is 4.45. The Kier molecular flexibility index (Phi) is 7.66. The number of nitrogens with one attached hydrogen (secondary N) is 1. The molecule has 3 aromatic rings. The van der Waals surface area contributed by atoms with Crippen molar-refractivity contribution in [2.24, 2.45) is 5.92 Å². The van der Waals surface area contributed by atoms with E-state index in [-0.39, 0.29) is 22.4 Å². The highest BCUT2D eigenvalue weighted by atomic mass is 32.1. The van der Waals surface area contributed by atoms with Crippen LogP contribution in [0.1, 0.15) is 38.0 Å². The number of unbranched alkanes of at least 4 members (excludes halogenated alkanes) is 2. The van der Waals surface area contributed by atoms with Crippen molar-refractivity contribution in [1.29, 1.82) is 0 Å². The highest BCUT2D eigenvalue weighted by Crippen LogP contribution is 2.31. The third kappa shape index (κ3) is 5.95. The minimum atomic E-state index is -0.352. The fourth-order valence-corrected chi connectivity index (χ4v) is 4.71. The van der Waals surface area contributed by atoms with Gasteiger partial charge in [0.1, 0.15) is 5.69 Å². The van der Waals surface area contributed by atoms with Crippen LogP contribution in [0.15, 0.2) is 46.3 Å². The zero-order chi connectivity index (χ0) is 23.0. The number of thiophene rings is 1. The summed E-state index contributed by atoms with van der Waals surface area (Å²) in [5, 5.41) is 20.3. The van der Waals surface area contributed by atoms with Crippen molar-refractivity contribution >= 4 is 28.6 Å². The van der Waals surface area contributed by atoms with Crippen molar-refractivity contribution in [2.75, 3.05) is 24.5 Å². The van der Waals surface area contributed by atoms with Gasteiger partial charge < -0.3 is 14.7 Å². The Hall–Kier alpha value is -3.27. The van der Waals surface area contributed by atoms with Gasteiger partial charge in [-0.3, -0.25) is 14.9 Å². The standard InChI is InChI=1S/C23H27N5O4S/c29-23(17-11-14-27(15-12-17)18-7-3-4-8-19(18)28(30)31)24-13-5-1-2-10-21-25-22(26-32-21)20-9-6-16-33-20/h3-4,6-9,16-17H,1-2,5,10-15H2,(H,24,29). The number of aryl methyl sites for hydroxylation is 1. The first-order valence-corrected chi connectivity index (χ1v) is 12.1.